The lowest BCUT2D eigenvalue weighted by molar-refractivity contribution is -0.385. The van der Waals surface area contributed by atoms with Crippen molar-refractivity contribution in [2.45, 2.75) is 6.61 Å². The summed E-state index contributed by atoms with van der Waals surface area (Å²) < 4.78 is 5.36. The van der Waals surface area contributed by atoms with Crippen molar-refractivity contribution in [1.82, 2.24) is 4.98 Å². The van der Waals surface area contributed by atoms with Crippen LogP contribution in [0.15, 0.2) is 36.5 Å². The molecule has 0 amide bonds. The maximum absolute atomic E-state index is 10.9. The number of aromatic nitrogens is 1. The van der Waals surface area contributed by atoms with Crippen LogP contribution < -0.4 is 4.74 Å². The number of carboxylic acid groups (broad SMARTS) is 1. The lowest BCUT2D eigenvalue weighted by atomic mass is 10.2. The minimum atomic E-state index is -1.17. The van der Waals surface area contributed by atoms with E-state index in [0.29, 0.717) is 5.56 Å². The first-order valence-corrected chi connectivity index (χ1v) is 6.10. The molecular formula is C13H9ClN2O5. The van der Waals surface area contributed by atoms with Crippen LogP contribution in [0, 0.1) is 10.1 Å². The van der Waals surface area contributed by atoms with Gasteiger partial charge in [-0.15, -0.1) is 0 Å². The van der Waals surface area contributed by atoms with Crippen LogP contribution in [0.4, 0.5) is 5.69 Å². The smallest absolute Gasteiger partial charge is 0.354 e. The highest BCUT2D eigenvalue weighted by Crippen LogP contribution is 2.34. The van der Waals surface area contributed by atoms with E-state index in [1.54, 1.807) is 6.07 Å². The van der Waals surface area contributed by atoms with E-state index in [1.807, 2.05) is 0 Å². The van der Waals surface area contributed by atoms with Crippen LogP contribution in [0.5, 0.6) is 5.75 Å². The van der Waals surface area contributed by atoms with Gasteiger partial charge in [0, 0.05) is 12.3 Å². The van der Waals surface area contributed by atoms with Gasteiger partial charge < -0.3 is 9.84 Å². The summed E-state index contributed by atoms with van der Waals surface area (Å²) in [6, 6.07) is 7.07. The summed E-state index contributed by atoms with van der Waals surface area (Å²) >= 11 is 5.89. The van der Waals surface area contributed by atoms with E-state index in [4.69, 9.17) is 21.4 Å². The van der Waals surface area contributed by atoms with Crippen molar-refractivity contribution in [3.8, 4) is 5.75 Å². The monoisotopic (exact) mass is 308 g/mol. The molecule has 0 bridgehead atoms. The fourth-order valence-electron chi connectivity index (χ4n) is 1.62. The maximum atomic E-state index is 10.9. The number of hydrogen-bond donors (Lipinski definition) is 1. The lowest BCUT2D eigenvalue weighted by Crippen LogP contribution is -2.04. The van der Waals surface area contributed by atoms with Gasteiger partial charge in [0.1, 0.15) is 12.3 Å². The lowest BCUT2D eigenvalue weighted by Gasteiger charge is -2.08. The number of para-hydroxylation sites is 1. The quantitative estimate of drug-likeness (QED) is 0.673. The Labute approximate surface area is 123 Å². The fourth-order valence-corrected chi connectivity index (χ4v) is 1.84. The predicted octanol–water partition coefficient (Wildman–Crippen LogP) is 2.92. The zero-order valence-electron chi connectivity index (χ0n) is 10.5. The Morgan fingerprint density at radius 1 is 1.43 bits per heavy atom. The number of benzene rings is 1. The number of nitrogens with zero attached hydrogens (tertiary/aromatic N) is 2. The predicted molar refractivity (Wildman–Crippen MR) is 73.6 cm³/mol. The largest absolute Gasteiger partial charge is 0.481 e. The van der Waals surface area contributed by atoms with E-state index in [-0.39, 0.29) is 28.8 Å². The average molecular weight is 309 g/mol. The Balaban J connectivity index is 2.22. The van der Waals surface area contributed by atoms with Gasteiger partial charge in [-0.1, -0.05) is 17.7 Å². The highest BCUT2D eigenvalue weighted by atomic mass is 35.5. The minimum absolute atomic E-state index is 0.0575. The molecule has 0 fully saturated rings. The van der Waals surface area contributed by atoms with E-state index < -0.39 is 10.9 Å². The summed E-state index contributed by atoms with van der Waals surface area (Å²) in [6.07, 6.45) is 1.32. The minimum Gasteiger partial charge on any atom is -0.481 e. The molecule has 1 heterocycles. The Morgan fingerprint density at radius 3 is 2.86 bits per heavy atom. The van der Waals surface area contributed by atoms with E-state index in [2.05, 4.69) is 4.98 Å². The van der Waals surface area contributed by atoms with Crippen LogP contribution in [0.1, 0.15) is 16.1 Å². The molecule has 0 atom stereocenters. The Morgan fingerprint density at radius 2 is 2.19 bits per heavy atom. The third kappa shape index (κ3) is 3.46. The highest BCUT2D eigenvalue weighted by Gasteiger charge is 2.18. The van der Waals surface area contributed by atoms with Crippen LogP contribution >= 0.6 is 11.6 Å². The Bertz CT molecular complexity index is 705. The van der Waals surface area contributed by atoms with Crippen molar-refractivity contribution in [2.75, 3.05) is 0 Å². The van der Waals surface area contributed by atoms with Crippen molar-refractivity contribution >= 4 is 23.3 Å². The van der Waals surface area contributed by atoms with Crippen LogP contribution in [-0.4, -0.2) is 21.0 Å². The number of carboxylic acids is 1. The van der Waals surface area contributed by atoms with Gasteiger partial charge >= 0.3 is 11.7 Å². The first kappa shape index (κ1) is 14.7. The molecule has 2 aromatic rings. The molecule has 0 aliphatic heterocycles. The topological polar surface area (TPSA) is 103 Å². The van der Waals surface area contributed by atoms with Crippen LogP contribution in [-0.2, 0) is 6.61 Å². The van der Waals surface area contributed by atoms with Crippen molar-refractivity contribution in [1.29, 1.82) is 0 Å². The molecular weight excluding hydrogens is 300 g/mol. The molecule has 0 unspecified atom stereocenters. The summed E-state index contributed by atoms with van der Waals surface area (Å²) in [5, 5.41) is 19.9. The molecule has 0 aliphatic rings. The number of ether oxygens (including phenoxy) is 1. The molecule has 8 heteroatoms. The summed E-state index contributed by atoms with van der Waals surface area (Å²) in [7, 11) is 0. The number of hydrogen-bond acceptors (Lipinski definition) is 5. The van der Waals surface area contributed by atoms with E-state index in [0.717, 1.165) is 0 Å². The van der Waals surface area contributed by atoms with Crippen LogP contribution in [0.2, 0.25) is 5.02 Å². The molecule has 0 radical (unpaired) electrons. The molecule has 108 valence electrons. The van der Waals surface area contributed by atoms with E-state index >= 15 is 0 Å². The van der Waals surface area contributed by atoms with Crippen molar-refractivity contribution in [2.24, 2.45) is 0 Å². The second kappa shape index (κ2) is 6.19. The normalized spacial score (nSPS) is 10.1. The first-order valence-electron chi connectivity index (χ1n) is 5.73. The summed E-state index contributed by atoms with van der Waals surface area (Å²) in [5.41, 5.74) is 0.122. The second-order valence-corrected chi connectivity index (χ2v) is 4.40. The third-order valence-corrected chi connectivity index (χ3v) is 2.87. The standard InChI is InChI=1S/C13H9ClN2O5/c14-9-2-1-3-11(16(19)20)12(9)21-7-8-4-5-15-10(6-8)13(17)18/h1-6H,7H2,(H,17,18). The van der Waals surface area contributed by atoms with E-state index in [9.17, 15) is 14.9 Å². The number of pyridine rings is 1. The first-order chi connectivity index (χ1) is 9.99. The SMILES string of the molecule is O=C(O)c1cc(COc2c(Cl)cccc2[N+](=O)[O-])ccn1. The molecule has 2 rings (SSSR count). The molecule has 0 spiro atoms. The maximum Gasteiger partial charge on any atom is 0.354 e. The van der Waals surface area contributed by atoms with E-state index in [1.165, 1.54) is 30.5 Å². The zero-order valence-corrected chi connectivity index (χ0v) is 11.3. The highest BCUT2D eigenvalue weighted by molar-refractivity contribution is 6.32. The number of rotatable bonds is 5. The van der Waals surface area contributed by atoms with Gasteiger partial charge in [0.05, 0.1) is 9.95 Å². The summed E-state index contributed by atoms with van der Waals surface area (Å²) in [4.78, 5) is 24.8. The molecule has 0 aliphatic carbocycles. The average Bonchev–Trinajstić information content (AvgIpc) is 2.46. The summed E-state index contributed by atoms with van der Waals surface area (Å²) in [6.45, 7) is -0.0621. The van der Waals surface area contributed by atoms with Crippen LogP contribution in [0.3, 0.4) is 0 Å². The van der Waals surface area contributed by atoms with Crippen molar-refractivity contribution in [3.63, 3.8) is 0 Å². The van der Waals surface area contributed by atoms with Crippen LogP contribution in [0.25, 0.3) is 0 Å². The van der Waals surface area contributed by atoms with Crippen molar-refractivity contribution < 1.29 is 19.6 Å². The number of carbonyl (C=O) groups is 1. The molecule has 21 heavy (non-hydrogen) atoms. The number of aromatic carboxylic acids is 1. The molecule has 1 N–H and O–H groups in total. The van der Waals surface area contributed by atoms with Gasteiger partial charge in [0.2, 0.25) is 5.75 Å². The van der Waals surface area contributed by atoms with Gasteiger partial charge in [-0.2, -0.15) is 0 Å². The zero-order chi connectivity index (χ0) is 15.4. The Kier molecular flexibility index (Phi) is 4.34. The number of nitro groups is 1. The fraction of sp³-hybridized carbons (Fsp3) is 0.0769. The van der Waals surface area contributed by atoms with Gasteiger partial charge in [-0.05, 0) is 23.8 Å². The number of nitro benzene ring substituents is 1. The van der Waals surface area contributed by atoms with Gasteiger partial charge in [0.15, 0.2) is 0 Å². The molecule has 1 aromatic carbocycles. The molecule has 0 saturated carbocycles. The molecule has 1 aromatic heterocycles. The second-order valence-electron chi connectivity index (χ2n) is 3.99. The molecule has 0 saturated heterocycles. The van der Waals surface area contributed by atoms with Gasteiger partial charge in [-0.3, -0.25) is 10.1 Å². The summed E-state index contributed by atoms with van der Waals surface area (Å²) in [5.74, 6) is -1.22. The molecule has 7 nitrogen and oxygen atoms in total. The van der Waals surface area contributed by atoms with Crippen molar-refractivity contribution in [3.05, 3.63) is 62.9 Å². The van der Waals surface area contributed by atoms with Gasteiger partial charge in [-0.25, -0.2) is 9.78 Å². The third-order valence-electron chi connectivity index (χ3n) is 2.57. The Hall–Kier alpha value is -2.67. The van der Waals surface area contributed by atoms with Gasteiger partial charge in [0.25, 0.3) is 0 Å². The number of halogens is 1.